The number of oxime groups is 1. The number of rotatable bonds is 5. The van der Waals surface area contributed by atoms with Crippen molar-refractivity contribution in [2.75, 3.05) is 0 Å². The maximum Gasteiger partial charge on any atom is 0.132 e. The zero-order valence-corrected chi connectivity index (χ0v) is 13.1. The van der Waals surface area contributed by atoms with Crippen molar-refractivity contribution in [2.24, 2.45) is 16.0 Å². The fraction of sp³-hybridized carbons (Fsp3) is 0.933. The van der Waals surface area contributed by atoms with Crippen LogP contribution in [0.3, 0.4) is 0 Å². The molecule has 0 aromatic heterocycles. The van der Waals surface area contributed by atoms with Crippen molar-refractivity contribution >= 4 is 5.71 Å². The van der Waals surface area contributed by atoms with E-state index in [-0.39, 0.29) is 16.9 Å². The number of hydrogen-bond donors (Lipinski definition) is 0. The molecule has 0 N–H and O–H groups in total. The molecule has 0 aromatic rings. The standard InChI is InChI=1S/C15H31NO/c1-9-12(11-14(3,4)5)16-17-13(10-2)15(6,7)8/h13H,9-11H2,1-8H3/b16-12-. The number of nitrogens with zero attached hydrogens (tertiary/aromatic N) is 1. The lowest BCUT2D eigenvalue weighted by molar-refractivity contribution is -0.0177. The summed E-state index contributed by atoms with van der Waals surface area (Å²) < 4.78 is 0. The van der Waals surface area contributed by atoms with Crippen molar-refractivity contribution in [2.45, 2.75) is 80.8 Å². The Labute approximate surface area is 108 Å². The summed E-state index contributed by atoms with van der Waals surface area (Å²) in [7, 11) is 0. The first-order chi connectivity index (χ1) is 7.60. The van der Waals surface area contributed by atoms with Crippen LogP contribution < -0.4 is 0 Å². The van der Waals surface area contributed by atoms with Gasteiger partial charge in [0.25, 0.3) is 0 Å². The summed E-state index contributed by atoms with van der Waals surface area (Å²) >= 11 is 0. The van der Waals surface area contributed by atoms with Crippen LogP contribution in [-0.4, -0.2) is 11.8 Å². The van der Waals surface area contributed by atoms with Crippen molar-refractivity contribution in [1.29, 1.82) is 0 Å². The summed E-state index contributed by atoms with van der Waals surface area (Å²) in [4.78, 5) is 5.74. The molecule has 17 heavy (non-hydrogen) atoms. The second-order valence-electron chi connectivity index (χ2n) is 7.12. The van der Waals surface area contributed by atoms with E-state index in [1.54, 1.807) is 0 Å². The van der Waals surface area contributed by atoms with Crippen molar-refractivity contribution in [3.63, 3.8) is 0 Å². The maximum atomic E-state index is 5.74. The highest BCUT2D eigenvalue weighted by Crippen LogP contribution is 2.26. The van der Waals surface area contributed by atoms with Crippen LogP contribution in [0, 0.1) is 10.8 Å². The minimum atomic E-state index is 0.152. The lowest BCUT2D eigenvalue weighted by Crippen LogP contribution is -2.27. The van der Waals surface area contributed by atoms with Crippen LogP contribution in [0.4, 0.5) is 0 Å². The average Bonchev–Trinajstić information content (AvgIpc) is 2.12. The Morgan fingerprint density at radius 3 is 1.88 bits per heavy atom. The van der Waals surface area contributed by atoms with Crippen LogP contribution in [0.15, 0.2) is 5.16 Å². The molecule has 102 valence electrons. The predicted octanol–water partition coefficient (Wildman–Crippen LogP) is 5.03. The van der Waals surface area contributed by atoms with E-state index in [0.29, 0.717) is 0 Å². The van der Waals surface area contributed by atoms with Gasteiger partial charge in [-0.05, 0) is 24.7 Å². The van der Waals surface area contributed by atoms with Crippen molar-refractivity contribution in [1.82, 2.24) is 0 Å². The van der Waals surface area contributed by atoms with E-state index in [4.69, 9.17) is 4.84 Å². The van der Waals surface area contributed by atoms with Crippen molar-refractivity contribution < 1.29 is 4.84 Å². The molecule has 0 amide bonds. The highest BCUT2D eigenvalue weighted by Gasteiger charge is 2.25. The zero-order valence-electron chi connectivity index (χ0n) is 13.1. The summed E-state index contributed by atoms with van der Waals surface area (Å²) in [5.41, 5.74) is 1.60. The van der Waals surface area contributed by atoms with Crippen molar-refractivity contribution in [3.8, 4) is 0 Å². The SMILES string of the molecule is CC/C(CC(C)(C)C)=N/OC(CC)C(C)(C)C. The molecule has 0 saturated heterocycles. The van der Waals surface area contributed by atoms with Crippen LogP contribution in [0.5, 0.6) is 0 Å². The first-order valence-electron chi connectivity index (χ1n) is 6.81. The normalized spacial score (nSPS) is 15.9. The fourth-order valence-corrected chi connectivity index (χ4v) is 1.82. The lowest BCUT2D eigenvalue weighted by Gasteiger charge is -2.28. The van der Waals surface area contributed by atoms with Crippen LogP contribution >= 0.6 is 0 Å². The van der Waals surface area contributed by atoms with Crippen molar-refractivity contribution in [3.05, 3.63) is 0 Å². The summed E-state index contributed by atoms with van der Waals surface area (Å²) in [5, 5.41) is 4.38. The van der Waals surface area contributed by atoms with Gasteiger partial charge >= 0.3 is 0 Å². The maximum absolute atomic E-state index is 5.74. The molecule has 0 saturated carbocycles. The molecule has 0 aliphatic rings. The molecule has 0 spiro atoms. The Balaban J connectivity index is 4.55. The van der Waals surface area contributed by atoms with E-state index in [1.165, 1.54) is 5.71 Å². The molecular weight excluding hydrogens is 210 g/mol. The van der Waals surface area contributed by atoms with Gasteiger partial charge in [0.1, 0.15) is 6.10 Å². The third kappa shape index (κ3) is 7.40. The monoisotopic (exact) mass is 241 g/mol. The van der Waals surface area contributed by atoms with Crippen LogP contribution in [0.1, 0.15) is 74.7 Å². The average molecular weight is 241 g/mol. The smallest absolute Gasteiger partial charge is 0.132 e. The zero-order chi connectivity index (χ0) is 13.7. The van der Waals surface area contributed by atoms with Crippen LogP contribution in [0.25, 0.3) is 0 Å². The van der Waals surface area contributed by atoms with Gasteiger partial charge in [-0.2, -0.15) is 0 Å². The molecule has 2 nitrogen and oxygen atoms in total. The third-order valence-electron chi connectivity index (χ3n) is 2.79. The lowest BCUT2D eigenvalue weighted by atomic mass is 9.87. The molecule has 1 unspecified atom stereocenters. The van der Waals surface area contributed by atoms with Gasteiger partial charge in [0.15, 0.2) is 0 Å². The molecule has 0 fully saturated rings. The minimum Gasteiger partial charge on any atom is -0.392 e. The fourth-order valence-electron chi connectivity index (χ4n) is 1.82. The Kier molecular flexibility index (Phi) is 6.22. The third-order valence-corrected chi connectivity index (χ3v) is 2.79. The van der Waals surface area contributed by atoms with Gasteiger partial charge in [-0.15, -0.1) is 0 Å². The molecule has 0 radical (unpaired) electrons. The molecular formula is C15H31NO. The van der Waals surface area contributed by atoms with Gasteiger partial charge < -0.3 is 4.84 Å². The summed E-state index contributed by atoms with van der Waals surface area (Å²) in [6.45, 7) is 17.6. The highest BCUT2D eigenvalue weighted by atomic mass is 16.6. The van der Waals surface area contributed by atoms with Gasteiger partial charge in [-0.25, -0.2) is 0 Å². The predicted molar refractivity (Wildman–Crippen MR) is 76.4 cm³/mol. The van der Waals surface area contributed by atoms with Crippen LogP contribution in [-0.2, 0) is 4.84 Å². The summed E-state index contributed by atoms with van der Waals surface area (Å²) in [5.74, 6) is 0. The van der Waals surface area contributed by atoms with Gasteiger partial charge in [-0.1, -0.05) is 60.5 Å². The number of hydrogen-bond acceptors (Lipinski definition) is 2. The minimum absolute atomic E-state index is 0.152. The second-order valence-corrected chi connectivity index (χ2v) is 7.12. The van der Waals surface area contributed by atoms with E-state index < -0.39 is 0 Å². The molecule has 0 rings (SSSR count). The topological polar surface area (TPSA) is 21.6 Å². The quantitative estimate of drug-likeness (QED) is 0.488. The Hall–Kier alpha value is -0.530. The molecule has 0 aliphatic heterocycles. The van der Waals surface area contributed by atoms with E-state index >= 15 is 0 Å². The van der Waals surface area contributed by atoms with E-state index in [1.807, 2.05) is 0 Å². The van der Waals surface area contributed by atoms with Gasteiger partial charge in [-0.3, -0.25) is 0 Å². The largest absolute Gasteiger partial charge is 0.392 e. The van der Waals surface area contributed by atoms with E-state index in [2.05, 4.69) is 60.5 Å². The van der Waals surface area contributed by atoms with E-state index in [9.17, 15) is 0 Å². The van der Waals surface area contributed by atoms with Gasteiger partial charge in [0.2, 0.25) is 0 Å². The molecule has 0 aliphatic carbocycles. The van der Waals surface area contributed by atoms with Gasteiger partial charge in [0, 0.05) is 5.41 Å². The second kappa shape index (κ2) is 6.42. The highest BCUT2D eigenvalue weighted by molar-refractivity contribution is 5.84. The molecule has 1 atom stereocenters. The Morgan fingerprint density at radius 2 is 1.59 bits per heavy atom. The molecule has 0 heterocycles. The first-order valence-corrected chi connectivity index (χ1v) is 6.81. The first kappa shape index (κ1) is 16.5. The summed E-state index contributed by atoms with van der Waals surface area (Å²) in [6, 6.07) is 0. The van der Waals surface area contributed by atoms with Gasteiger partial charge in [0.05, 0.1) is 5.71 Å². The molecule has 0 bridgehead atoms. The summed E-state index contributed by atoms with van der Waals surface area (Å²) in [6.07, 6.45) is 3.17. The Morgan fingerprint density at radius 1 is 1.06 bits per heavy atom. The molecule has 2 heteroatoms. The molecule has 0 aromatic carbocycles. The van der Waals surface area contributed by atoms with E-state index in [0.717, 1.165) is 19.3 Å². The van der Waals surface area contributed by atoms with Crippen LogP contribution in [0.2, 0.25) is 0 Å². The Bertz CT molecular complexity index is 243.